The first kappa shape index (κ1) is 11.3. The van der Waals surface area contributed by atoms with Crippen LogP contribution in [0.3, 0.4) is 0 Å². The van der Waals surface area contributed by atoms with E-state index in [2.05, 4.69) is 24.4 Å². The highest BCUT2D eigenvalue weighted by Crippen LogP contribution is 2.26. The van der Waals surface area contributed by atoms with E-state index < -0.39 is 0 Å². The van der Waals surface area contributed by atoms with Crippen molar-refractivity contribution in [2.45, 2.75) is 25.8 Å². The molecule has 1 aromatic rings. The van der Waals surface area contributed by atoms with Gasteiger partial charge in [0, 0.05) is 25.2 Å². The summed E-state index contributed by atoms with van der Waals surface area (Å²) in [5, 5.41) is 3.34. The van der Waals surface area contributed by atoms with Gasteiger partial charge in [-0.3, -0.25) is 4.79 Å². The van der Waals surface area contributed by atoms with Crippen LogP contribution in [0.4, 0.5) is 5.69 Å². The topological polar surface area (TPSA) is 32.3 Å². The van der Waals surface area contributed by atoms with Crippen LogP contribution >= 0.6 is 0 Å². The maximum Gasteiger partial charge on any atom is 0.245 e. The molecule has 2 heterocycles. The van der Waals surface area contributed by atoms with Gasteiger partial charge in [-0.2, -0.15) is 0 Å². The minimum Gasteiger partial charge on any atom is -0.373 e. The zero-order chi connectivity index (χ0) is 12.5. The molecular formula is C15H18N2O. The van der Waals surface area contributed by atoms with E-state index in [4.69, 9.17) is 0 Å². The minimum absolute atomic E-state index is 0.0756. The van der Waals surface area contributed by atoms with Crippen LogP contribution in [0.1, 0.15) is 18.9 Å². The molecule has 2 aliphatic heterocycles. The molecule has 0 aromatic heterocycles. The Morgan fingerprint density at radius 3 is 3.00 bits per heavy atom. The summed E-state index contributed by atoms with van der Waals surface area (Å²) >= 11 is 0. The van der Waals surface area contributed by atoms with Crippen molar-refractivity contribution < 1.29 is 4.79 Å². The normalized spacial score (nSPS) is 22.2. The first-order chi connectivity index (χ1) is 8.74. The van der Waals surface area contributed by atoms with E-state index in [-0.39, 0.29) is 11.9 Å². The van der Waals surface area contributed by atoms with Gasteiger partial charge in [0.1, 0.15) is 6.04 Å². The molecule has 94 valence electrons. The number of fused-ring (bicyclic) bond motifs is 1. The fraction of sp³-hybridized carbons (Fsp3) is 0.400. The van der Waals surface area contributed by atoms with Gasteiger partial charge in [-0.05, 0) is 25.0 Å². The number of amides is 1. The van der Waals surface area contributed by atoms with Crippen LogP contribution in [0, 0.1) is 0 Å². The van der Waals surface area contributed by atoms with Crippen molar-refractivity contribution in [3.63, 3.8) is 0 Å². The van der Waals surface area contributed by atoms with Gasteiger partial charge in [-0.25, -0.2) is 0 Å². The fourth-order valence-corrected chi connectivity index (χ4v) is 2.77. The molecule has 0 fully saturated rings. The molecule has 2 aliphatic rings. The predicted molar refractivity (Wildman–Crippen MR) is 72.5 cm³/mol. The number of hydrogen-bond acceptors (Lipinski definition) is 2. The number of rotatable bonds is 1. The second kappa shape index (κ2) is 4.48. The molecule has 1 N–H and O–H groups in total. The molecule has 0 unspecified atom stereocenters. The second-order valence-corrected chi connectivity index (χ2v) is 5.16. The SMILES string of the molecule is CC1=CCCN(C(=O)[C@@H]2Cc3ccccc3N2)C1. The van der Waals surface area contributed by atoms with Crippen LogP contribution in [0.5, 0.6) is 0 Å². The molecule has 0 spiro atoms. The molecule has 0 aliphatic carbocycles. The number of benzene rings is 1. The van der Waals surface area contributed by atoms with Gasteiger partial charge in [0.05, 0.1) is 0 Å². The number of anilines is 1. The number of para-hydroxylation sites is 1. The summed E-state index contributed by atoms with van der Waals surface area (Å²) in [6.45, 7) is 3.73. The summed E-state index contributed by atoms with van der Waals surface area (Å²) in [5.74, 6) is 0.235. The number of carbonyl (C=O) groups excluding carboxylic acids is 1. The Hall–Kier alpha value is -1.77. The summed E-state index contributed by atoms with van der Waals surface area (Å²) < 4.78 is 0. The summed E-state index contributed by atoms with van der Waals surface area (Å²) in [5.41, 5.74) is 3.66. The fourth-order valence-electron chi connectivity index (χ4n) is 2.77. The Balaban J connectivity index is 1.71. The van der Waals surface area contributed by atoms with Crippen LogP contribution in [0.15, 0.2) is 35.9 Å². The van der Waals surface area contributed by atoms with Crippen LogP contribution in [0.25, 0.3) is 0 Å². The van der Waals surface area contributed by atoms with Crippen molar-refractivity contribution in [3.05, 3.63) is 41.5 Å². The standard InChI is InChI=1S/C15H18N2O/c1-11-5-4-8-17(10-11)15(18)14-9-12-6-2-3-7-13(12)16-14/h2-3,5-7,14,16H,4,8-10H2,1H3/t14-/m0/s1. The summed E-state index contributed by atoms with van der Waals surface area (Å²) in [6.07, 6.45) is 4.02. The second-order valence-electron chi connectivity index (χ2n) is 5.16. The molecule has 18 heavy (non-hydrogen) atoms. The van der Waals surface area contributed by atoms with Gasteiger partial charge in [-0.1, -0.05) is 29.8 Å². The predicted octanol–water partition coefficient (Wildman–Crippen LogP) is 2.20. The lowest BCUT2D eigenvalue weighted by molar-refractivity contribution is -0.131. The average Bonchev–Trinajstić information content (AvgIpc) is 2.81. The lowest BCUT2D eigenvalue weighted by Crippen LogP contribution is -2.44. The van der Waals surface area contributed by atoms with Gasteiger partial charge in [0.15, 0.2) is 0 Å². The monoisotopic (exact) mass is 242 g/mol. The van der Waals surface area contributed by atoms with Gasteiger partial charge in [0.25, 0.3) is 0 Å². The van der Waals surface area contributed by atoms with Gasteiger partial charge in [-0.15, -0.1) is 0 Å². The Labute approximate surface area is 107 Å². The highest BCUT2D eigenvalue weighted by Gasteiger charge is 2.30. The molecule has 0 saturated heterocycles. The van der Waals surface area contributed by atoms with Crippen molar-refractivity contribution in [3.8, 4) is 0 Å². The maximum atomic E-state index is 12.5. The van der Waals surface area contributed by atoms with E-state index in [9.17, 15) is 4.79 Å². The van der Waals surface area contributed by atoms with E-state index in [0.717, 1.165) is 31.6 Å². The zero-order valence-electron chi connectivity index (χ0n) is 10.6. The Bertz CT molecular complexity index is 482. The third-order valence-corrected chi connectivity index (χ3v) is 3.71. The van der Waals surface area contributed by atoms with Crippen molar-refractivity contribution in [2.24, 2.45) is 0 Å². The first-order valence-electron chi connectivity index (χ1n) is 6.53. The Kier molecular flexibility index (Phi) is 2.82. The summed E-state index contributed by atoms with van der Waals surface area (Å²) in [4.78, 5) is 14.4. The van der Waals surface area contributed by atoms with Crippen LogP contribution in [-0.4, -0.2) is 29.9 Å². The number of carbonyl (C=O) groups is 1. The molecular weight excluding hydrogens is 224 g/mol. The summed E-state index contributed by atoms with van der Waals surface area (Å²) in [6, 6.07) is 8.10. The highest BCUT2D eigenvalue weighted by atomic mass is 16.2. The molecule has 1 aromatic carbocycles. The van der Waals surface area contributed by atoms with Crippen molar-refractivity contribution in [1.29, 1.82) is 0 Å². The highest BCUT2D eigenvalue weighted by molar-refractivity contribution is 5.87. The van der Waals surface area contributed by atoms with Crippen molar-refractivity contribution >= 4 is 11.6 Å². The number of hydrogen-bond donors (Lipinski definition) is 1. The molecule has 3 rings (SSSR count). The summed E-state index contributed by atoms with van der Waals surface area (Å²) in [7, 11) is 0. The van der Waals surface area contributed by atoms with E-state index in [0.29, 0.717) is 0 Å². The van der Waals surface area contributed by atoms with Gasteiger partial charge >= 0.3 is 0 Å². The Morgan fingerprint density at radius 1 is 1.39 bits per heavy atom. The van der Waals surface area contributed by atoms with Crippen LogP contribution in [0.2, 0.25) is 0 Å². The van der Waals surface area contributed by atoms with Crippen molar-refractivity contribution in [1.82, 2.24) is 4.90 Å². The quantitative estimate of drug-likeness (QED) is 0.766. The van der Waals surface area contributed by atoms with Gasteiger partial charge in [0.2, 0.25) is 5.91 Å². The van der Waals surface area contributed by atoms with Gasteiger partial charge < -0.3 is 10.2 Å². The van der Waals surface area contributed by atoms with E-state index in [1.807, 2.05) is 23.1 Å². The lowest BCUT2D eigenvalue weighted by atomic mass is 10.1. The molecule has 0 radical (unpaired) electrons. The smallest absolute Gasteiger partial charge is 0.245 e. The maximum absolute atomic E-state index is 12.5. The van der Waals surface area contributed by atoms with Crippen LogP contribution < -0.4 is 5.32 Å². The van der Waals surface area contributed by atoms with E-state index in [1.165, 1.54) is 11.1 Å². The molecule has 1 atom stereocenters. The van der Waals surface area contributed by atoms with E-state index >= 15 is 0 Å². The largest absolute Gasteiger partial charge is 0.373 e. The van der Waals surface area contributed by atoms with Crippen LogP contribution in [-0.2, 0) is 11.2 Å². The lowest BCUT2D eigenvalue weighted by Gasteiger charge is -2.28. The third kappa shape index (κ3) is 2.01. The third-order valence-electron chi connectivity index (χ3n) is 3.71. The minimum atomic E-state index is -0.0756. The molecule has 3 heteroatoms. The van der Waals surface area contributed by atoms with Crippen molar-refractivity contribution in [2.75, 3.05) is 18.4 Å². The average molecular weight is 242 g/mol. The molecule has 1 amide bonds. The first-order valence-corrected chi connectivity index (χ1v) is 6.53. The zero-order valence-corrected chi connectivity index (χ0v) is 10.6. The Morgan fingerprint density at radius 2 is 2.22 bits per heavy atom. The number of nitrogens with zero attached hydrogens (tertiary/aromatic N) is 1. The van der Waals surface area contributed by atoms with E-state index in [1.54, 1.807) is 0 Å². The molecule has 0 bridgehead atoms. The molecule has 3 nitrogen and oxygen atoms in total. The molecule has 0 saturated carbocycles. The number of nitrogens with one attached hydrogen (secondary N) is 1.